The summed E-state index contributed by atoms with van der Waals surface area (Å²) in [4.78, 5) is 2.92. The molecule has 1 heterocycles. The summed E-state index contributed by atoms with van der Waals surface area (Å²) in [5, 5.41) is 0. The van der Waals surface area contributed by atoms with Crippen molar-refractivity contribution in [3.63, 3.8) is 0 Å². The van der Waals surface area contributed by atoms with Crippen LogP contribution in [-0.4, -0.2) is 23.0 Å². The Morgan fingerprint density at radius 1 is 1.06 bits per heavy atom. The van der Waals surface area contributed by atoms with Crippen molar-refractivity contribution in [1.29, 1.82) is 0 Å². The van der Waals surface area contributed by atoms with Crippen LogP contribution in [0.4, 0.5) is 0 Å². The van der Waals surface area contributed by atoms with Crippen LogP contribution in [0, 0.1) is 11.3 Å². The topological polar surface area (TPSA) is 3.24 Å². The molecule has 0 aromatic carbocycles. The maximum absolute atomic E-state index is 2.92. The highest BCUT2D eigenvalue weighted by atomic mass is 15.3. The van der Waals surface area contributed by atoms with Gasteiger partial charge in [0, 0.05) is 11.6 Å². The fourth-order valence-corrected chi connectivity index (χ4v) is 3.98. The number of piperidine rings is 1. The van der Waals surface area contributed by atoms with Gasteiger partial charge in [-0.15, -0.1) is 0 Å². The second-order valence-electron chi connectivity index (χ2n) is 7.56. The first-order valence-corrected chi connectivity index (χ1v) is 7.28. The molecule has 16 heavy (non-hydrogen) atoms. The Balaban J connectivity index is 1.74. The second kappa shape index (κ2) is 3.48. The van der Waals surface area contributed by atoms with E-state index >= 15 is 0 Å². The van der Waals surface area contributed by atoms with Crippen LogP contribution < -0.4 is 0 Å². The van der Waals surface area contributed by atoms with Crippen molar-refractivity contribution in [2.75, 3.05) is 6.54 Å². The third-order valence-electron chi connectivity index (χ3n) is 5.45. The monoisotopic (exact) mass is 221 g/mol. The lowest BCUT2D eigenvalue weighted by molar-refractivity contribution is -0.0641. The number of hydrogen-bond donors (Lipinski definition) is 0. The van der Waals surface area contributed by atoms with Crippen molar-refractivity contribution in [3.8, 4) is 0 Å². The largest absolute Gasteiger partial charge is 0.295 e. The van der Waals surface area contributed by atoms with Crippen LogP contribution in [0.5, 0.6) is 0 Å². The first-order valence-electron chi connectivity index (χ1n) is 7.28. The highest BCUT2D eigenvalue weighted by Gasteiger charge is 2.52. The van der Waals surface area contributed by atoms with Crippen molar-refractivity contribution in [1.82, 2.24) is 4.90 Å². The van der Waals surface area contributed by atoms with Crippen LogP contribution >= 0.6 is 0 Å². The quantitative estimate of drug-likeness (QED) is 0.650. The van der Waals surface area contributed by atoms with Crippen LogP contribution in [-0.2, 0) is 0 Å². The third kappa shape index (κ3) is 1.72. The molecule has 1 spiro atoms. The Morgan fingerprint density at radius 3 is 2.19 bits per heavy atom. The van der Waals surface area contributed by atoms with E-state index in [0.29, 0.717) is 11.0 Å². The average molecular weight is 221 g/mol. The Bertz CT molecular complexity index is 268. The minimum Gasteiger partial charge on any atom is -0.295 e. The molecule has 2 saturated carbocycles. The van der Waals surface area contributed by atoms with E-state index in [1.54, 1.807) is 0 Å². The molecule has 1 atom stereocenters. The molecule has 1 aliphatic heterocycles. The van der Waals surface area contributed by atoms with Gasteiger partial charge < -0.3 is 0 Å². The predicted octanol–water partition coefficient (Wildman–Crippen LogP) is 3.83. The molecule has 0 N–H and O–H groups in total. The molecule has 1 unspecified atom stereocenters. The van der Waals surface area contributed by atoms with E-state index < -0.39 is 0 Å². The number of rotatable bonds is 1. The standard InChI is InChI=1S/C15H27N/c1-14(2,3)12-7-10-16(13-5-6-13)15(11-12)8-4-9-15/h12-13H,4-11H2,1-3H3. The SMILES string of the molecule is CC(C)(C)C1CCN(C2CC2)C2(CCC2)C1. The fraction of sp³-hybridized carbons (Fsp3) is 1.00. The zero-order valence-corrected chi connectivity index (χ0v) is 11.3. The van der Waals surface area contributed by atoms with Crippen LogP contribution in [0.2, 0.25) is 0 Å². The van der Waals surface area contributed by atoms with Crippen LogP contribution in [0.15, 0.2) is 0 Å². The summed E-state index contributed by atoms with van der Waals surface area (Å²) in [5.41, 5.74) is 1.19. The summed E-state index contributed by atoms with van der Waals surface area (Å²) in [5.74, 6) is 0.961. The van der Waals surface area contributed by atoms with Gasteiger partial charge in [-0.3, -0.25) is 4.90 Å². The molecule has 1 heteroatoms. The molecule has 3 aliphatic rings. The first kappa shape index (κ1) is 11.1. The lowest BCUT2D eigenvalue weighted by Crippen LogP contribution is -2.60. The van der Waals surface area contributed by atoms with Gasteiger partial charge in [-0.1, -0.05) is 20.8 Å². The summed E-state index contributed by atoms with van der Waals surface area (Å²) in [6.07, 6.45) is 10.4. The zero-order valence-electron chi connectivity index (χ0n) is 11.3. The predicted molar refractivity (Wildman–Crippen MR) is 68.5 cm³/mol. The number of nitrogens with zero attached hydrogens (tertiary/aromatic N) is 1. The lowest BCUT2D eigenvalue weighted by atomic mass is 9.62. The maximum atomic E-state index is 2.92. The normalized spacial score (nSPS) is 35.1. The Hall–Kier alpha value is -0.0400. The molecule has 1 saturated heterocycles. The van der Waals surface area contributed by atoms with Gasteiger partial charge in [0.1, 0.15) is 0 Å². The number of hydrogen-bond acceptors (Lipinski definition) is 1. The molecule has 1 nitrogen and oxygen atoms in total. The van der Waals surface area contributed by atoms with Crippen molar-refractivity contribution < 1.29 is 0 Å². The van der Waals surface area contributed by atoms with E-state index in [-0.39, 0.29) is 0 Å². The third-order valence-corrected chi connectivity index (χ3v) is 5.45. The van der Waals surface area contributed by atoms with Gasteiger partial charge in [0.25, 0.3) is 0 Å². The van der Waals surface area contributed by atoms with E-state index in [0.717, 1.165) is 12.0 Å². The molecule has 2 aliphatic carbocycles. The minimum atomic E-state index is 0.526. The van der Waals surface area contributed by atoms with Gasteiger partial charge in [0.05, 0.1) is 0 Å². The summed E-state index contributed by atoms with van der Waals surface area (Å²) in [7, 11) is 0. The van der Waals surface area contributed by atoms with Gasteiger partial charge in [0.2, 0.25) is 0 Å². The Labute approximate surface area is 101 Å². The van der Waals surface area contributed by atoms with Gasteiger partial charge in [0.15, 0.2) is 0 Å². The Morgan fingerprint density at radius 2 is 1.75 bits per heavy atom. The summed E-state index contributed by atoms with van der Waals surface area (Å²) in [6, 6.07) is 0.987. The van der Waals surface area contributed by atoms with Gasteiger partial charge in [-0.2, -0.15) is 0 Å². The molecule has 0 aromatic rings. The molecule has 0 aromatic heterocycles. The fourth-order valence-electron chi connectivity index (χ4n) is 3.98. The smallest absolute Gasteiger partial charge is 0.0215 e. The molecular formula is C15H27N. The van der Waals surface area contributed by atoms with E-state index in [4.69, 9.17) is 0 Å². The van der Waals surface area contributed by atoms with Crippen LogP contribution in [0.25, 0.3) is 0 Å². The van der Waals surface area contributed by atoms with Crippen molar-refractivity contribution in [2.45, 2.75) is 77.3 Å². The van der Waals surface area contributed by atoms with E-state index in [1.807, 2.05) is 0 Å². The highest BCUT2D eigenvalue weighted by Crippen LogP contribution is 2.53. The second-order valence-corrected chi connectivity index (χ2v) is 7.56. The zero-order chi connectivity index (χ0) is 11.4. The molecule has 0 bridgehead atoms. The summed E-state index contributed by atoms with van der Waals surface area (Å²) >= 11 is 0. The molecular weight excluding hydrogens is 194 g/mol. The lowest BCUT2D eigenvalue weighted by Gasteiger charge is -2.57. The van der Waals surface area contributed by atoms with E-state index in [2.05, 4.69) is 25.7 Å². The van der Waals surface area contributed by atoms with Crippen LogP contribution in [0.3, 0.4) is 0 Å². The minimum absolute atomic E-state index is 0.526. The summed E-state index contributed by atoms with van der Waals surface area (Å²) in [6.45, 7) is 8.72. The maximum Gasteiger partial charge on any atom is 0.0215 e. The average Bonchev–Trinajstić information content (AvgIpc) is 2.96. The van der Waals surface area contributed by atoms with Gasteiger partial charge in [-0.25, -0.2) is 0 Å². The van der Waals surface area contributed by atoms with Gasteiger partial charge >= 0.3 is 0 Å². The van der Waals surface area contributed by atoms with Crippen molar-refractivity contribution >= 4 is 0 Å². The molecule has 0 amide bonds. The summed E-state index contributed by atoms with van der Waals surface area (Å²) < 4.78 is 0. The highest BCUT2D eigenvalue weighted by molar-refractivity contribution is 5.07. The van der Waals surface area contributed by atoms with E-state index in [1.165, 1.54) is 51.5 Å². The van der Waals surface area contributed by atoms with Crippen molar-refractivity contribution in [2.24, 2.45) is 11.3 Å². The van der Waals surface area contributed by atoms with Crippen LogP contribution in [0.1, 0.15) is 65.7 Å². The van der Waals surface area contributed by atoms with Gasteiger partial charge in [-0.05, 0) is 62.8 Å². The molecule has 3 rings (SSSR count). The molecule has 0 radical (unpaired) electrons. The molecule has 3 fully saturated rings. The van der Waals surface area contributed by atoms with Crippen molar-refractivity contribution in [3.05, 3.63) is 0 Å². The molecule has 92 valence electrons. The number of likely N-dealkylation sites (tertiary alicyclic amines) is 1. The van der Waals surface area contributed by atoms with E-state index in [9.17, 15) is 0 Å². The first-order chi connectivity index (χ1) is 7.51. The Kier molecular flexibility index (Phi) is 2.41.